The van der Waals surface area contributed by atoms with Crippen LogP contribution in [0.5, 0.6) is 17.2 Å². The molecule has 402 valence electrons. The third-order valence-electron chi connectivity index (χ3n) is 12.2. The number of ether oxygens (including phenoxy) is 6. The second-order valence-electron chi connectivity index (χ2n) is 17.9. The Bertz CT molecular complexity index is 2650. The van der Waals surface area contributed by atoms with Crippen LogP contribution in [0, 0.1) is 10.1 Å². The zero-order valence-corrected chi connectivity index (χ0v) is 43.2. The fourth-order valence-corrected chi connectivity index (χ4v) is 8.16. The number of benzene rings is 5. The van der Waals surface area contributed by atoms with Crippen molar-refractivity contribution in [2.75, 3.05) is 33.0 Å². The standard InChI is InChI=1S/C60H69N3O13/c1-3-56(64)74-41-19-13-11-17-39-71-52-32-22-45(23-33-52)48-43-47(58(55(44-48)59(66)76-60(67)68)46-24-34-53(35-25-46)72-40-18-12-14-20-42-75-57(65)4-2)21-15-9-7-5-6-8-10-16-38-73-54-36-28-50(29-37-54)62-61-49-26-30-51(31-27-49)63(69)70/h3-4,22-37,43-44H,1-2,5-21,38-42H2,(H,67,68). The maximum absolute atomic E-state index is 13.7. The van der Waals surface area contributed by atoms with Crippen LogP contribution in [0.1, 0.15) is 119 Å². The number of carbonyl (C=O) groups is 4. The number of hydrogen-bond acceptors (Lipinski definition) is 14. The Morgan fingerprint density at radius 1 is 0.500 bits per heavy atom. The molecule has 16 heteroatoms. The van der Waals surface area contributed by atoms with Crippen LogP contribution >= 0.6 is 0 Å². The molecule has 0 aliphatic carbocycles. The van der Waals surface area contributed by atoms with Crippen LogP contribution in [0.15, 0.2) is 145 Å². The van der Waals surface area contributed by atoms with Gasteiger partial charge >= 0.3 is 24.1 Å². The lowest BCUT2D eigenvalue weighted by Gasteiger charge is -2.18. The predicted molar refractivity (Wildman–Crippen MR) is 291 cm³/mol. The van der Waals surface area contributed by atoms with Crippen molar-refractivity contribution in [2.24, 2.45) is 10.2 Å². The fourth-order valence-electron chi connectivity index (χ4n) is 8.16. The van der Waals surface area contributed by atoms with Gasteiger partial charge in [-0.3, -0.25) is 10.1 Å². The lowest BCUT2D eigenvalue weighted by Crippen LogP contribution is -2.13. The Morgan fingerprint density at radius 2 is 0.895 bits per heavy atom. The van der Waals surface area contributed by atoms with Crippen LogP contribution < -0.4 is 14.2 Å². The minimum Gasteiger partial charge on any atom is -0.494 e. The number of unbranched alkanes of at least 4 members (excludes halogenated alkanes) is 13. The number of rotatable bonds is 36. The molecule has 0 radical (unpaired) electrons. The lowest BCUT2D eigenvalue weighted by molar-refractivity contribution is -0.384. The quantitative estimate of drug-likeness (QED) is 0.00579. The van der Waals surface area contributed by atoms with Crippen LogP contribution in [0.4, 0.5) is 21.9 Å². The number of carbonyl (C=O) groups excluding carboxylic acids is 3. The van der Waals surface area contributed by atoms with Crippen molar-refractivity contribution in [1.29, 1.82) is 0 Å². The van der Waals surface area contributed by atoms with E-state index >= 15 is 0 Å². The summed E-state index contributed by atoms with van der Waals surface area (Å²) in [5, 5.41) is 28.8. The average Bonchev–Trinajstić information content (AvgIpc) is 3.43. The molecule has 0 spiro atoms. The molecule has 16 nitrogen and oxygen atoms in total. The third kappa shape index (κ3) is 21.8. The number of nitro benzene ring substituents is 1. The molecule has 0 fully saturated rings. The van der Waals surface area contributed by atoms with Gasteiger partial charge in [-0.05, 0) is 165 Å². The SMILES string of the molecule is C=CC(=O)OCCCCCCOc1ccc(-c2cc(CCCCCCCCCCOc3ccc(N=Nc4ccc([N+](=O)[O-])cc4)cc3)c(-c3ccc(OCCCCCCOC(=O)C=C)cc3)c(C(=O)OC(=O)O)c2)cc1. The summed E-state index contributed by atoms with van der Waals surface area (Å²) in [6.45, 7) is 9.15. The van der Waals surface area contributed by atoms with Crippen LogP contribution in [0.3, 0.4) is 0 Å². The molecule has 0 aliphatic rings. The van der Waals surface area contributed by atoms with E-state index in [1.54, 1.807) is 18.2 Å². The van der Waals surface area contributed by atoms with Gasteiger partial charge in [0.15, 0.2) is 0 Å². The zero-order valence-electron chi connectivity index (χ0n) is 43.2. The van der Waals surface area contributed by atoms with Crippen molar-refractivity contribution in [1.82, 2.24) is 0 Å². The first-order valence-corrected chi connectivity index (χ1v) is 26.1. The van der Waals surface area contributed by atoms with Crippen LogP contribution in [0.2, 0.25) is 0 Å². The van der Waals surface area contributed by atoms with E-state index in [-0.39, 0.29) is 11.3 Å². The second kappa shape index (κ2) is 33.6. The van der Waals surface area contributed by atoms with E-state index in [0.29, 0.717) is 67.9 Å². The molecule has 1 N–H and O–H groups in total. The van der Waals surface area contributed by atoms with Gasteiger partial charge in [0.05, 0.1) is 54.9 Å². The van der Waals surface area contributed by atoms with Gasteiger partial charge in [0.1, 0.15) is 17.2 Å². The van der Waals surface area contributed by atoms with E-state index < -0.39 is 29.0 Å². The molecule has 76 heavy (non-hydrogen) atoms. The Labute approximate surface area is 444 Å². The van der Waals surface area contributed by atoms with Crippen LogP contribution in [-0.4, -0.2) is 67.1 Å². The first-order chi connectivity index (χ1) is 37.0. The normalized spacial score (nSPS) is 10.9. The summed E-state index contributed by atoms with van der Waals surface area (Å²) >= 11 is 0. The zero-order chi connectivity index (χ0) is 54.2. The Hall–Kier alpha value is -8.14. The van der Waals surface area contributed by atoms with Gasteiger partial charge in [-0.1, -0.05) is 82.0 Å². The summed E-state index contributed by atoms with van der Waals surface area (Å²) in [6.07, 6.45) is 16.1. The van der Waals surface area contributed by atoms with Gasteiger partial charge in [0.25, 0.3) is 5.69 Å². The molecule has 0 aromatic heterocycles. The number of hydrogen-bond donors (Lipinski definition) is 1. The summed E-state index contributed by atoms with van der Waals surface area (Å²) in [5.41, 5.74) is 5.09. The number of azo groups is 1. The summed E-state index contributed by atoms with van der Waals surface area (Å²) in [6, 6.07) is 32.0. The topological polar surface area (TPSA) is 212 Å². The van der Waals surface area contributed by atoms with E-state index in [4.69, 9.17) is 28.4 Å². The number of non-ortho nitro benzene ring substituents is 1. The summed E-state index contributed by atoms with van der Waals surface area (Å²) in [5.74, 6) is 0.291. The maximum Gasteiger partial charge on any atom is 0.513 e. The van der Waals surface area contributed by atoms with Gasteiger partial charge in [-0.15, -0.1) is 0 Å². The van der Waals surface area contributed by atoms with Gasteiger partial charge in [-0.25, -0.2) is 19.2 Å². The first kappa shape index (κ1) is 58.7. The summed E-state index contributed by atoms with van der Waals surface area (Å²) in [7, 11) is 0. The summed E-state index contributed by atoms with van der Waals surface area (Å²) in [4.78, 5) is 58.4. The van der Waals surface area contributed by atoms with Crippen molar-refractivity contribution in [2.45, 2.75) is 109 Å². The number of nitro groups is 1. The number of aryl methyl sites for hydroxylation is 1. The van der Waals surface area contributed by atoms with E-state index in [9.17, 15) is 34.4 Å². The molecule has 0 aliphatic heterocycles. The van der Waals surface area contributed by atoms with Crippen molar-refractivity contribution >= 4 is 41.1 Å². The van der Waals surface area contributed by atoms with Crippen LogP contribution in [0.25, 0.3) is 22.3 Å². The van der Waals surface area contributed by atoms with Crippen molar-refractivity contribution in [3.8, 4) is 39.5 Å². The lowest BCUT2D eigenvalue weighted by atomic mass is 9.87. The molecule has 5 aromatic rings. The highest BCUT2D eigenvalue weighted by Gasteiger charge is 2.23. The Morgan fingerprint density at radius 3 is 1.33 bits per heavy atom. The smallest absolute Gasteiger partial charge is 0.494 e. The first-order valence-electron chi connectivity index (χ1n) is 26.1. The van der Waals surface area contributed by atoms with E-state index in [1.807, 2.05) is 72.8 Å². The number of nitrogens with zero attached hydrogens (tertiary/aromatic N) is 3. The molecule has 5 aromatic carbocycles. The summed E-state index contributed by atoms with van der Waals surface area (Å²) < 4.78 is 32.9. The van der Waals surface area contributed by atoms with Crippen molar-refractivity contribution in [3.63, 3.8) is 0 Å². The van der Waals surface area contributed by atoms with Gasteiger partial charge < -0.3 is 33.5 Å². The molecule has 0 saturated carbocycles. The highest BCUT2D eigenvalue weighted by molar-refractivity contribution is 6.03. The Kier molecular flexibility index (Phi) is 26.0. The van der Waals surface area contributed by atoms with Crippen molar-refractivity contribution < 1.29 is 57.6 Å². The van der Waals surface area contributed by atoms with E-state index in [1.165, 1.54) is 12.1 Å². The number of carboxylic acid groups (broad SMARTS) is 1. The Balaban J connectivity index is 1.15. The van der Waals surface area contributed by atoms with Crippen molar-refractivity contribution in [3.05, 3.63) is 156 Å². The average molecular weight is 1040 g/mol. The van der Waals surface area contributed by atoms with Gasteiger partial charge in [0, 0.05) is 24.3 Å². The molecule has 0 atom stereocenters. The molecule has 0 unspecified atom stereocenters. The minimum absolute atomic E-state index is 0.00340. The monoisotopic (exact) mass is 1040 g/mol. The van der Waals surface area contributed by atoms with Gasteiger partial charge in [-0.2, -0.15) is 10.2 Å². The maximum atomic E-state index is 13.7. The molecule has 5 rings (SSSR count). The highest BCUT2D eigenvalue weighted by atomic mass is 16.7. The molecule has 0 bridgehead atoms. The molecule has 0 amide bonds. The minimum atomic E-state index is -1.69. The molecular weight excluding hydrogens is 971 g/mol. The predicted octanol–water partition coefficient (Wildman–Crippen LogP) is 15.3. The fraction of sp³-hybridized carbons (Fsp3) is 0.367. The van der Waals surface area contributed by atoms with Gasteiger partial charge in [0.2, 0.25) is 0 Å². The molecule has 0 heterocycles. The second-order valence-corrected chi connectivity index (χ2v) is 17.9. The van der Waals surface area contributed by atoms with Crippen LogP contribution in [-0.2, 0) is 30.2 Å². The third-order valence-corrected chi connectivity index (χ3v) is 12.2. The highest BCUT2D eigenvalue weighted by Crippen LogP contribution is 2.36. The molecular formula is C60H69N3O13. The largest absolute Gasteiger partial charge is 0.513 e. The van der Waals surface area contributed by atoms with E-state index in [0.717, 1.165) is 143 Å². The number of esters is 3. The molecule has 0 saturated heterocycles. The van der Waals surface area contributed by atoms with E-state index in [2.05, 4.69) is 29.5 Å².